The molecule has 0 aliphatic carbocycles. The van der Waals surface area contributed by atoms with Crippen LogP contribution in [0.2, 0.25) is 0 Å². The summed E-state index contributed by atoms with van der Waals surface area (Å²) in [5.74, 6) is -0.987. The standard InChI is InChI=1S/C27H32F3N7O3/c1-3-17-4-5-20(37-9-6-16(2)35-37)18(12-17)23(27(28,29)30)40-22-13-21(33-25(31)34-22)36-10-7-26(8-11-36)14-19(24(38)39)32-15-26/h4-6,9,12-13,19,23,32H,3,7-8,10-11,14-15H2,1-2H3,(H,38,39)(H2,31,33,34)/t19-,23+/m0/s1. The molecular formula is C27H32F3N7O3. The Balaban J connectivity index is 1.42. The van der Waals surface area contributed by atoms with Crippen LogP contribution in [0.4, 0.5) is 24.9 Å². The van der Waals surface area contributed by atoms with Crippen LogP contribution in [0.15, 0.2) is 36.5 Å². The first kappa shape index (κ1) is 27.7. The lowest BCUT2D eigenvalue weighted by atomic mass is 9.76. The van der Waals surface area contributed by atoms with Gasteiger partial charge in [-0.3, -0.25) is 4.79 Å². The van der Waals surface area contributed by atoms with Gasteiger partial charge in [0.1, 0.15) is 11.9 Å². The topological polar surface area (TPSA) is 131 Å². The first-order valence-corrected chi connectivity index (χ1v) is 13.2. The molecule has 40 heavy (non-hydrogen) atoms. The summed E-state index contributed by atoms with van der Waals surface area (Å²) in [6.45, 7) is 5.34. The molecular weight excluding hydrogens is 527 g/mol. The number of halogens is 3. The summed E-state index contributed by atoms with van der Waals surface area (Å²) in [5, 5.41) is 16.7. The molecule has 3 aromatic rings. The number of nitrogens with one attached hydrogen (secondary N) is 1. The normalized spacial score (nSPS) is 19.6. The van der Waals surface area contributed by atoms with Gasteiger partial charge in [0.2, 0.25) is 17.9 Å². The fourth-order valence-corrected chi connectivity index (χ4v) is 5.55. The summed E-state index contributed by atoms with van der Waals surface area (Å²) >= 11 is 0. The largest absolute Gasteiger partial charge is 0.480 e. The minimum Gasteiger partial charge on any atom is -0.480 e. The molecule has 2 aliphatic heterocycles. The number of nitrogens with two attached hydrogens (primary N) is 1. The Labute approximate surface area is 229 Å². The lowest BCUT2D eigenvalue weighted by molar-refractivity contribution is -0.198. The first-order valence-electron chi connectivity index (χ1n) is 13.2. The molecule has 4 heterocycles. The maximum atomic E-state index is 14.6. The molecule has 10 nitrogen and oxygen atoms in total. The second-order valence-electron chi connectivity index (χ2n) is 10.6. The fraction of sp³-hybridized carbons (Fsp3) is 0.481. The number of nitrogens with zero attached hydrogens (tertiary/aromatic N) is 5. The molecule has 0 unspecified atom stereocenters. The molecule has 0 saturated carbocycles. The molecule has 2 saturated heterocycles. The molecule has 2 fully saturated rings. The maximum absolute atomic E-state index is 14.6. The van der Waals surface area contributed by atoms with Gasteiger partial charge < -0.3 is 25.8 Å². The molecule has 2 atom stereocenters. The first-order chi connectivity index (χ1) is 19.0. The van der Waals surface area contributed by atoms with E-state index in [0.29, 0.717) is 56.8 Å². The highest BCUT2D eigenvalue weighted by atomic mass is 19.4. The summed E-state index contributed by atoms with van der Waals surface area (Å²) in [6.07, 6.45) is -2.98. The molecule has 2 aliphatic rings. The van der Waals surface area contributed by atoms with Crippen LogP contribution in [-0.2, 0) is 11.2 Å². The number of aliphatic carboxylic acids is 1. The van der Waals surface area contributed by atoms with Gasteiger partial charge in [0.15, 0.2) is 0 Å². The summed E-state index contributed by atoms with van der Waals surface area (Å²) in [7, 11) is 0. The van der Waals surface area contributed by atoms with Gasteiger partial charge in [0.25, 0.3) is 0 Å². The average molecular weight is 560 g/mol. The van der Waals surface area contributed by atoms with E-state index in [1.807, 2.05) is 11.8 Å². The Morgan fingerprint density at radius 3 is 2.60 bits per heavy atom. The van der Waals surface area contributed by atoms with E-state index < -0.39 is 24.3 Å². The SMILES string of the molecule is CCc1ccc(-n2ccc(C)n2)c([C@@H](Oc2cc(N3CCC4(CC3)CN[C@H](C(=O)O)C4)nc(N)n2)C(F)(F)F)c1. The Kier molecular flexibility index (Phi) is 7.34. The van der Waals surface area contributed by atoms with Crippen LogP contribution in [0.1, 0.15) is 49.1 Å². The van der Waals surface area contributed by atoms with Crippen LogP contribution in [-0.4, -0.2) is 62.7 Å². The number of ether oxygens (including phenoxy) is 1. The number of alkyl halides is 3. The molecule has 13 heteroatoms. The lowest BCUT2D eigenvalue weighted by Crippen LogP contribution is -2.41. The highest BCUT2D eigenvalue weighted by molar-refractivity contribution is 5.74. The van der Waals surface area contributed by atoms with Crippen molar-refractivity contribution >= 4 is 17.7 Å². The van der Waals surface area contributed by atoms with Gasteiger partial charge in [-0.1, -0.05) is 13.0 Å². The molecule has 214 valence electrons. The predicted molar refractivity (Wildman–Crippen MR) is 141 cm³/mol. The molecule has 1 aromatic carbocycles. The van der Waals surface area contributed by atoms with Crippen LogP contribution in [0.25, 0.3) is 5.69 Å². The summed E-state index contributed by atoms with van der Waals surface area (Å²) in [5.41, 5.74) is 7.34. The van der Waals surface area contributed by atoms with Gasteiger partial charge in [-0.15, -0.1) is 0 Å². The van der Waals surface area contributed by atoms with E-state index in [0.717, 1.165) is 5.56 Å². The Morgan fingerprint density at radius 2 is 2.00 bits per heavy atom. The number of hydrogen-bond acceptors (Lipinski definition) is 8. The Hall–Kier alpha value is -3.87. The van der Waals surface area contributed by atoms with Crippen LogP contribution in [0.3, 0.4) is 0 Å². The van der Waals surface area contributed by atoms with Crippen molar-refractivity contribution in [1.82, 2.24) is 25.1 Å². The molecule has 2 aromatic heterocycles. The van der Waals surface area contributed by atoms with E-state index >= 15 is 0 Å². The smallest absolute Gasteiger partial charge is 0.429 e. The molecule has 0 amide bonds. The number of aryl methyl sites for hydroxylation is 2. The molecule has 0 radical (unpaired) electrons. The Bertz CT molecular complexity index is 1390. The number of hydrogen-bond donors (Lipinski definition) is 3. The maximum Gasteiger partial charge on any atom is 0.429 e. The number of carbonyl (C=O) groups is 1. The van der Waals surface area contributed by atoms with Gasteiger partial charge in [0, 0.05) is 37.5 Å². The van der Waals surface area contributed by atoms with Crippen molar-refractivity contribution in [2.45, 2.75) is 57.9 Å². The van der Waals surface area contributed by atoms with Crippen molar-refractivity contribution in [2.75, 3.05) is 30.3 Å². The van der Waals surface area contributed by atoms with Gasteiger partial charge in [-0.25, -0.2) is 4.68 Å². The number of aromatic nitrogens is 4. The van der Waals surface area contributed by atoms with Crippen LogP contribution in [0, 0.1) is 12.3 Å². The summed E-state index contributed by atoms with van der Waals surface area (Å²) in [4.78, 5) is 21.5. The van der Waals surface area contributed by atoms with Crippen molar-refractivity contribution < 1.29 is 27.8 Å². The quantitative estimate of drug-likeness (QED) is 0.395. The Morgan fingerprint density at radius 1 is 1.25 bits per heavy atom. The molecule has 5 rings (SSSR count). The van der Waals surface area contributed by atoms with E-state index in [-0.39, 0.29) is 28.5 Å². The van der Waals surface area contributed by atoms with E-state index in [1.165, 1.54) is 16.8 Å². The van der Waals surface area contributed by atoms with Gasteiger partial charge in [-0.2, -0.15) is 28.2 Å². The monoisotopic (exact) mass is 559 g/mol. The zero-order chi connectivity index (χ0) is 28.7. The van der Waals surface area contributed by atoms with Crippen LogP contribution in [0.5, 0.6) is 5.88 Å². The fourth-order valence-electron chi connectivity index (χ4n) is 5.55. The summed E-state index contributed by atoms with van der Waals surface area (Å²) < 4.78 is 50.6. The van der Waals surface area contributed by atoms with E-state index in [9.17, 15) is 23.1 Å². The van der Waals surface area contributed by atoms with Crippen molar-refractivity contribution in [3.05, 3.63) is 53.3 Å². The van der Waals surface area contributed by atoms with Crippen molar-refractivity contribution in [3.8, 4) is 11.6 Å². The third kappa shape index (κ3) is 5.69. The van der Waals surface area contributed by atoms with Crippen molar-refractivity contribution in [3.63, 3.8) is 0 Å². The van der Waals surface area contributed by atoms with E-state index in [4.69, 9.17) is 10.5 Å². The molecule has 1 spiro atoms. The predicted octanol–water partition coefficient (Wildman–Crippen LogP) is 3.83. The number of carboxylic acid groups (broad SMARTS) is 1. The second kappa shape index (κ2) is 10.6. The van der Waals surface area contributed by atoms with Gasteiger partial charge >= 0.3 is 12.1 Å². The van der Waals surface area contributed by atoms with Gasteiger partial charge in [0.05, 0.1) is 11.4 Å². The molecule has 0 bridgehead atoms. The number of piperidine rings is 1. The highest BCUT2D eigenvalue weighted by Crippen LogP contribution is 2.42. The second-order valence-corrected chi connectivity index (χ2v) is 10.6. The summed E-state index contributed by atoms with van der Waals surface area (Å²) in [6, 6.07) is 7.39. The van der Waals surface area contributed by atoms with E-state index in [1.54, 1.807) is 31.3 Å². The van der Waals surface area contributed by atoms with Crippen molar-refractivity contribution in [1.29, 1.82) is 0 Å². The lowest BCUT2D eigenvalue weighted by Gasteiger charge is -2.39. The number of anilines is 2. The van der Waals surface area contributed by atoms with Crippen LogP contribution < -0.4 is 20.7 Å². The minimum absolute atomic E-state index is 0.0877. The number of rotatable bonds is 7. The van der Waals surface area contributed by atoms with E-state index in [2.05, 4.69) is 20.4 Å². The number of nitrogen functional groups attached to an aromatic ring is 1. The third-order valence-corrected chi connectivity index (χ3v) is 7.80. The number of carboxylic acids is 1. The zero-order valence-electron chi connectivity index (χ0n) is 22.3. The molecule has 4 N–H and O–H groups in total. The van der Waals surface area contributed by atoms with Crippen molar-refractivity contribution in [2.24, 2.45) is 5.41 Å². The van der Waals surface area contributed by atoms with Crippen LogP contribution >= 0.6 is 0 Å². The average Bonchev–Trinajstić information content (AvgIpc) is 3.53. The number of benzene rings is 1. The highest BCUT2D eigenvalue weighted by Gasteiger charge is 2.46. The zero-order valence-corrected chi connectivity index (χ0v) is 22.3. The minimum atomic E-state index is -4.77. The van der Waals surface area contributed by atoms with Gasteiger partial charge in [-0.05, 0) is 61.8 Å². The third-order valence-electron chi connectivity index (χ3n) is 7.80.